The van der Waals surface area contributed by atoms with Crippen LogP contribution in [0.1, 0.15) is 25.3 Å². The molecule has 0 N–H and O–H groups in total. The topological polar surface area (TPSA) is 76.0 Å². The Balaban J connectivity index is 1.96. The van der Waals surface area contributed by atoms with Crippen molar-refractivity contribution >= 4 is 38.4 Å². The fourth-order valence-corrected chi connectivity index (χ4v) is 7.08. The Kier molecular flexibility index (Phi) is 5.22. The molecule has 0 saturated carbocycles. The van der Waals surface area contributed by atoms with Crippen LogP contribution >= 0.6 is 11.8 Å². The lowest BCUT2D eigenvalue weighted by molar-refractivity contribution is -0.121. The third kappa shape index (κ3) is 3.91. The minimum Gasteiger partial charge on any atom is -0.375 e. The number of sulfone groups is 1. The first kappa shape index (κ1) is 18.4. The molecule has 2 aliphatic heterocycles. The first-order valence-electron chi connectivity index (χ1n) is 8.17. The fraction of sp³-hybridized carbons (Fsp3) is 0.529. The van der Waals surface area contributed by atoms with Gasteiger partial charge in [0.2, 0.25) is 0 Å². The number of ether oxygens (including phenoxy) is 1. The summed E-state index contributed by atoms with van der Waals surface area (Å²) in [5, 5.41) is 0.466. The molecule has 2 fully saturated rings. The molecule has 8 heteroatoms. The molecule has 0 bridgehead atoms. The molecule has 0 spiro atoms. The van der Waals surface area contributed by atoms with E-state index in [2.05, 4.69) is 18.8 Å². The van der Waals surface area contributed by atoms with Crippen LogP contribution in [-0.4, -0.2) is 56.0 Å². The zero-order valence-electron chi connectivity index (χ0n) is 14.5. The lowest BCUT2D eigenvalue weighted by atomic mass is 10.0. The number of anilines is 1. The molecule has 2 aliphatic rings. The predicted octanol–water partition coefficient (Wildman–Crippen LogP) is 2.06. The van der Waals surface area contributed by atoms with Crippen LogP contribution in [-0.2, 0) is 19.4 Å². The Hall–Kier alpha value is -1.38. The van der Waals surface area contributed by atoms with Gasteiger partial charge in [0.15, 0.2) is 15.0 Å². The summed E-state index contributed by atoms with van der Waals surface area (Å²) in [4.78, 5) is 18.0. The summed E-state index contributed by atoms with van der Waals surface area (Å²) in [5.41, 5.74) is 2.07. The highest BCUT2D eigenvalue weighted by atomic mass is 32.2. The quantitative estimate of drug-likeness (QED) is 0.793. The first-order chi connectivity index (χ1) is 11.8. The molecule has 2 heterocycles. The molecule has 1 aromatic rings. The molecular formula is C17H22N2O4S2. The molecule has 0 aliphatic carbocycles. The van der Waals surface area contributed by atoms with Crippen molar-refractivity contribution in [2.24, 2.45) is 4.99 Å². The number of amides is 1. The lowest BCUT2D eigenvalue weighted by Crippen LogP contribution is -2.37. The second-order valence-corrected chi connectivity index (χ2v) is 10.00. The van der Waals surface area contributed by atoms with Crippen LogP contribution < -0.4 is 4.90 Å². The number of methoxy groups -OCH3 is 1. The summed E-state index contributed by atoms with van der Waals surface area (Å²) in [6.07, 6.45) is 0. The van der Waals surface area contributed by atoms with Crippen molar-refractivity contribution in [3.63, 3.8) is 0 Å². The van der Waals surface area contributed by atoms with Gasteiger partial charge in [0, 0.05) is 18.0 Å². The van der Waals surface area contributed by atoms with Crippen molar-refractivity contribution in [2.45, 2.75) is 31.1 Å². The number of thioether (sulfide) groups is 1. The molecule has 1 amide bonds. The number of rotatable bonds is 4. The van der Waals surface area contributed by atoms with E-state index in [-0.39, 0.29) is 35.3 Å². The Morgan fingerprint density at radius 1 is 1.32 bits per heavy atom. The van der Waals surface area contributed by atoms with E-state index in [9.17, 15) is 13.2 Å². The maximum absolute atomic E-state index is 12.0. The molecule has 0 radical (unpaired) electrons. The average molecular weight is 383 g/mol. The summed E-state index contributed by atoms with van der Waals surface area (Å²) in [6, 6.07) is 7.83. The van der Waals surface area contributed by atoms with E-state index >= 15 is 0 Å². The number of hydrogen-bond donors (Lipinski definition) is 0. The van der Waals surface area contributed by atoms with Gasteiger partial charge in [-0.3, -0.25) is 4.79 Å². The Morgan fingerprint density at radius 2 is 2.00 bits per heavy atom. The van der Waals surface area contributed by atoms with Crippen LogP contribution in [0.5, 0.6) is 0 Å². The smallest absolute Gasteiger partial charge is 0.274 e. The third-order valence-electron chi connectivity index (χ3n) is 4.39. The first-order valence-corrected chi connectivity index (χ1v) is 10.9. The summed E-state index contributed by atoms with van der Waals surface area (Å²) in [5.74, 6) is 0.267. The SMILES string of the molecule is COCC(=O)N=C1S[C@@H]2CS(=O)(=O)C[C@@H]2N1c1ccc(C(C)C)cc1. The molecule has 2 atom stereocenters. The standard InChI is InChI=1S/C17H22N2O4S2/c1-11(2)12-4-6-13(7-5-12)19-14-9-25(21,22)10-15(14)24-17(19)18-16(20)8-23-3/h4-7,11,14-15H,8-10H2,1-3H3/t14-,15+/m0/s1. The summed E-state index contributed by atoms with van der Waals surface area (Å²) in [6.45, 7) is 4.16. The van der Waals surface area contributed by atoms with Crippen molar-refractivity contribution < 1.29 is 17.9 Å². The van der Waals surface area contributed by atoms with E-state index in [1.54, 1.807) is 0 Å². The van der Waals surface area contributed by atoms with Crippen molar-refractivity contribution in [1.29, 1.82) is 0 Å². The molecule has 6 nitrogen and oxygen atoms in total. The maximum Gasteiger partial charge on any atom is 0.274 e. The zero-order chi connectivity index (χ0) is 18.2. The highest BCUT2D eigenvalue weighted by molar-refractivity contribution is 8.16. The number of hydrogen-bond acceptors (Lipinski definition) is 5. The van der Waals surface area contributed by atoms with Crippen molar-refractivity contribution in [1.82, 2.24) is 0 Å². The molecule has 0 unspecified atom stereocenters. The van der Waals surface area contributed by atoms with Crippen LogP contribution in [0.25, 0.3) is 0 Å². The molecule has 136 valence electrons. The lowest BCUT2D eigenvalue weighted by Gasteiger charge is -2.25. The van der Waals surface area contributed by atoms with Crippen LogP contribution in [0.15, 0.2) is 29.3 Å². The number of aliphatic imine (C=N–C) groups is 1. The van der Waals surface area contributed by atoms with Crippen molar-refractivity contribution in [3.8, 4) is 0 Å². The summed E-state index contributed by atoms with van der Waals surface area (Å²) >= 11 is 1.37. The van der Waals surface area contributed by atoms with E-state index in [1.165, 1.54) is 24.4 Å². The van der Waals surface area contributed by atoms with Gasteiger partial charge >= 0.3 is 0 Å². The van der Waals surface area contributed by atoms with Gasteiger partial charge in [0.25, 0.3) is 5.91 Å². The highest BCUT2D eigenvalue weighted by Crippen LogP contribution is 2.41. The minimum absolute atomic E-state index is 0.0855. The summed E-state index contributed by atoms with van der Waals surface area (Å²) < 4.78 is 28.9. The Labute approximate surface area is 152 Å². The van der Waals surface area contributed by atoms with Gasteiger partial charge in [0.1, 0.15) is 6.61 Å². The normalized spacial score (nSPS) is 26.4. The molecular weight excluding hydrogens is 360 g/mol. The van der Waals surface area contributed by atoms with E-state index in [0.29, 0.717) is 11.1 Å². The predicted molar refractivity (Wildman–Crippen MR) is 101 cm³/mol. The monoisotopic (exact) mass is 382 g/mol. The van der Waals surface area contributed by atoms with Gasteiger partial charge in [-0.1, -0.05) is 37.7 Å². The van der Waals surface area contributed by atoms with Gasteiger partial charge in [-0.05, 0) is 23.6 Å². The van der Waals surface area contributed by atoms with Crippen LogP contribution in [0, 0.1) is 0 Å². The van der Waals surface area contributed by atoms with Gasteiger partial charge in [-0.15, -0.1) is 0 Å². The molecule has 1 aromatic carbocycles. The van der Waals surface area contributed by atoms with Gasteiger partial charge in [0.05, 0.1) is 17.5 Å². The van der Waals surface area contributed by atoms with Crippen LogP contribution in [0.4, 0.5) is 5.69 Å². The Bertz CT molecular complexity index is 787. The van der Waals surface area contributed by atoms with E-state index < -0.39 is 9.84 Å². The van der Waals surface area contributed by atoms with Crippen LogP contribution in [0.2, 0.25) is 0 Å². The number of amidine groups is 1. The summed E-state index contributed by atoms with van der Waals surface area (Å²) in [7, 11) is -1.61. The maximum atomic E-state index is 12.0. The number of benzene rings is 1. The van der Waals surface area contributed by atoms with Gasteiger partial charge < -0.3 is 9.64 Å². The second kappa shape index (κ2) is 7.09. The van der Waals surface area contributed by atoms with Crippen molar-refractivity contribution in [3.05, 3.63) is 29.8 Å². The van der Waals surface area contributed by atoms with E-state index in [0.717, 1.165) is 5.69 Å². The number of fused-ring (bicyclic) bond motifs is 1. The molecule has 2 saturated heterocycles. The van der Waals surface area contributed by atoms with E-state index in [4.69, 9.17) is 4.74 Å². The average Bonchev–Trinajstić information content (AvgIpc) is 2.98. The molecule has 3 rings (SSSR count). The minimum atomic E-state index is -3.06. The highest BCUT2D eigenvalue weighted by Gasteiger charge is 2.49. The molecule has 0 aromatic heterocycles. The third-order valence-corrected chi connectivity index (χ3v) is 7.60. The largest absolute Gasteiger partial charge is 0.375 e. The zero-order valence-corrected chi connectivity index (χ0v) is 16.1. The van der Waals surface area contributed by atoms with E-state index in [1.807, 2.05) is 29.2 Å². The number of carbonyl (C=O) groups is 1. The number of carbonyl (C=O) groups excluding carboxylic acids is 1. The van der Waals surface area contributed by atoms with Gasteiger partial charge in [-0.2, -0.15) is 4.99 Å². The number of nitrogens with zero attached hydrogens (tertiary/aromatic N) is 2. The van der Waals surface area contributed by atoms with Crippen LogP contribution in [0.3, 0.4) is 0 Å². The van der Waals surface area contributed by atoms with Gasteiger partial charge in [-0.25, -0.2) is 8.42 Å². The Morgan fingerprint density at radius 3 is 2.60 bits per heavy atom. The molecule has 25 heavy (non-hydrogen) atoms. The second-order valence-electron chi connectivity index (χ2n) is 6.64. The fourth-order valence-electron chi connectivity index (χ4n) is 3.15. The van der Waals surface area contributed by atoms with Crippen molar-refractivity contribution in [2.75, 3.05) is 30.1 Å².